The van der Waals surface area contributed by atoms with Crippen LogP contribution in [0.5, 0.6) is 0 Å². The Balaban J connectivity index is 1.32. The van der Waals surface area contributed by atoms with E-state index in [9.17, 15) is 9.59 Å². The number of benzene rings is 5. The van der Waals surface area contributed by atoms with Crippen molar-refractivity contribution in [1.29, 1.82) is 0 Å². The molecule has 2 aliphatic rings. The monoisotopic (exact) mass is 864 g/mol. The molecule has 320 valence electrons. The maximum absolute atomic E-state index is 11.9. The Labute approximate surface area is 383 Å². The van der Waals surface area contributed by atoms with E-state index in [0.29, 0.717) is 0 Å². The molecule has 2 aliphatic carbocycles. The number of unbranched alkanes of at least 4 members (excludes halogenated alkanes) is 5. The molecule has 0 fully saturated rings. The highest BCUT2D eigenvalue weighted by molar-refractivity contribution is 7.17. The maximum atomic E-state index is 11.9. The fourth-order valence-corrected chi connectivity index (χ4v) is 12.3. The van der Waals surface area contributed by atoms with Gasteiger partial charge in [-0.1, -0.05) is 167 Å². The van der Waals surface area contributed by atoms with Crippen LogP contribution in [0.1, 0.15) is 164 Å². The summed E-state index contributed by atoms with van der Waals surface area (Å²) in [5.41, 5.74) is 17.2. The molecule has 0 spiro atoms. The third kappa shape index (κ3) is 7.41. The molecule has 2 heterocycles. The lowest BCUT2D eigenvalue weighted by Crippen LogP contribution is -2.29. The van der Waals surface area contributed by atoms with Crippen molar-refractivity contribution in [3.8, 4) is 43.1 Å². The first-order valence-electron chi connectivity index (χ1n) is 23.0. The van der Waals surface area contributed by atoms with Gasteiger partial charge < -0.3 is 0 Å². The van der Waals surface area contributed by atoms with Gasteiger partial charge in [-0.3, -0.25) is 9.59 Å². The van der Waals surface area contributed by atoms with E-state index >= 15 is 0 Å². The molecule has 0 bridgehead atoms. The third-order valence-electron chi connectivity index (χ3n) is 14.2. The second-order valence-electron chi connectivity index (χ2n) is 20.4. The van der Waals surface area contributed by atoms with Crippen LogP contribution in [0.15, 0.2) is 121 Å². The fourth-order valence-electron chi connectivity index (χ4n) is 10.6. The van der Waals surface area contributed by atoms with Gasteiger partial charge in [0.2, 0.25) is 0 Å². The Morgan fingerprint density at radius 3 is 1.40 bits per heavy atom. The largest absolute Gasteiger partial charge is 0.297 e. The van der Waals surface area contributed by atoms with Crippen LogP contribution >= 0.6 is 22.7 Å². The predicted octanol–water partition coefficient (Wildman–Crippen LogP) is 16.8. The van der Waals surface area contributed by atoms with E-state index in [0.717, 1.165) is 44.1 Å². The van der Waals surface area contributed by atoms with E-state index in [2.05, 4.69) is 165 Å². The zero-order valence-electron chi connectivity index (χ0n) is 38.3. The number of fused-ring (bicyclic) bond motifs is 6. The van der Waals surface area contributed by atoms with E-state index in [1.165, 1.54) is 111 Å². The second kappa shape index (κ2) is 16.4. The van der Waals surface area contributed by atoms with Gasteiger partial charge in [0.05, 0.1) is 15.2 Å². The molecule has 7 aromatic rings. The van der Waals surface area contributed by atoms with Crippen molar-refractivity contribution in [3.63, 3.8) is 0 Å². The lowest BCUT2D eigenvalue weighted by molar-refractivity contribution is 0.111. The minimum atomic E-state index is -0.617. The highest BCUT2D eigenvalue weighted by atomic mass is 32.1. The van der Waals surface area contributed by atoms with Gasteiger partial charge in [-0.2, -0.15) is 0 Å². The van der Waals surface area contributed by atoms with E-state index < -0.39 is 5.41 Å². The number of hydrogen-bond acceptors (Lipinski definition) is 4. The average Bonchev–Trinajstić information content (AvgIpc) is 4.07. The van der Waals surface area contributed by atoms with Gasteiger partial charge in [0.1, 0.15) is 0 Å². The zero-order chi connectivity index (χ0) is 44.3. The van der Waals surface area contributed by atoms with Crippen LogP contribution in [0.3, 0.4) is 0 Å². The molecule has 0 saturated carbocycles. The molecule has 1 unspecified atom stereocenters. The van der Waals surface area contributed by atoms with Crippen LogP contribution < -0.4 is 0 Å². The van der Waals surface area contributed by atoms with Crippen LogP contribution in [0.2, 0.25) is 0 Å². The van der Waals surface area contributed by atoms with Crippen molar-refractivity contribution >= 4 is 35.2 Å². The van der Waals surface area contributed by atoms with Crippen molar-refractivity contribution < 1.29 is 9.59 Å². The number of thiophene rings is 2. The minimum Gasteiger partial charge on any atom is -0.297 e. The number of carbonyl (C=O) groups is 2. The molecular weight excluding hydrogens is 805 g/mol. The Morgan fingerprint density at radius 2 is 0.905 bits per heavy atom. The number of aldehydes is 2. The lowest BCUT2D eigenvalue weighted by atomic mass is 9.66. The Hall–Kier alpha value is -5.16. The number of hydrogen-bond donors (Lipinski definition) is 0. The maximum Gasteiger partial charge on any atom is 0.160 e. The van der Waals surface area contributed by atoms with Crippen molar-refractivity contribution in [2.75, 3.05) is 0 Å². The molecule has 2 aromatic heterocycles. The summed E-state index contributed by atoms with van der Waals surface area (Å²) in [6.45, 7) is 18.5. The van der Waals surface area contributed by atoms with Crippen LogP contribution in [0.25, 0.3) is 43.1 Å². The summed E-state index contributed by atoms with van der Waals surface area (Å²) in [7, 11) is 0. The fraction of sp³-hybridized carbons (Fsp3) is 0.322. The molecule has 0 saturated heterocycles. The Kier molecular flexibility index (Phi) is 11.2. The molecule has 1 atom stereocenters. The zero-order valence-corrected chi connectivity index (χ0v) is 39.9. The second-order valence-corrected chi connectivity index (χ2v) is 22.6. The Morgan fingerprint density at radius 1 is 0.476 bits per heavy atom. The third-order valence-corrected chi connectivity index (χ3v) is 16.3. The van der Waals surface area contributed by atoms with Gasteiger partial charge in [-0.05, 0) is 144 Å². The SMILES string of the molecule is CCCCCCCCC1(C)c2cc(-c3ccc(C=O)s3)ccc2-c2cc3c(cc21)-c1ccc(-c2ccc(C=O)s2)cc1C3(c1ccc(C(C)(C)C)cc1)c1ccc(C(C)(C)C)cc1. The van der Waals surface area contributed by atoms with Gasteiger partial charge in [-0.25, -0.2) is 0 Å². The van der Waals surface area contributed by atoms with Gasteiger partial charge in [-0.15, -0.1) is 22.7 Å². The number of carbonyl (C=O) groups excluding carboxylic acids is 2. The van der Waals surface area contributed by atoms with Crippen molar-refractivity contribution in [2.45, 2.75) is 122 Å². The van der Waals surface area contributed by atoms with Crippen molar-refractivity contribution in [2.24, 2.45) is 0 Å². The van der Waals surface area contributed by atoms with Gasteiger partial charge >= 0.3 is 0 Å². The van der Waals surface area contributed by atoms with Crippen LogP contribution in [0.4, 0.5) is 0 Å². The highest BCUT2D eigenvalue weighted by Crippen LogP contribution is 2.62. The quantitative estimate of drug-likeness (QED) is 0.0855. The van der Waals surface area contributed by atoms with Crippen molar-refractivity contribution in [1.82, 2.24) is 0 Å². The van der Waals surface area contributed by atoms with E-state index in [-0.39, 0.29) is 16.2 Å². The standard InChI is InChI=1S/C59H60O2S2/c1-9-10-11-12-13-14-31-58(8)50-32-38(54-29-25-44(36-60)62-54)15-27-46(50)48-35-53-49(34-51(48)58)47-28-16-39(55-30-26-45(37-61)63-55)33-52(47)59(53,42-21-17-40(18-22-42)56(2,3)4)43-23-19-41(20-24-43)57(5,6)7/h15-30,32-37H,9-14,31H2,1-8H3. The molecule has 4 heteroatoms. The summed E-state index contributed by atoms with van der Waals surface area (Å²) in [5, 5.41) is 0. The molecule has 0 amide bonds. The van der Waals surface area contributed by atoms with E-state index in [1.54, 1.807) is 22.7 Å². The molecule has 0 N–H and O–H groups in total. The summed E-state index contributed by atoms with van der Waals surface area (Å²) in [4.78, 5) is 27.4. The van der Waals surface area contributed by atoms with Gasteiger partial charge in [0, 0.05) is 15.2 Å². The number of rotatable bonds is 13. The van der Waals surface area contributed by atoms with Crippen LogP contribution in [-0.2, 0) is 21.7 Å². The van der Waals surface area contributed by atoms with E-state index in [1.807, 2.05) is 12.1 Å². The van der Waals surface area contributed by atoms with Crippen LogP contribution in [0, 0.1) is 0 Å². The first-order chi connectivity index (χ1) is 30.2. The summed E-state index contributed by atoms with van der Waals surface area (Å²) in [6, 6.07) is 46.3. The molecule has 0 radical (unpaired) electrons. The summed E-state index contributed by atoms with van der Waals surface area (Å²) >= 11 is 3.13. The molecular formula is C59H60O2S2. The first-order valence-corrected chi connectivity index (χ1v) is 24.7. The van der Waals surface area contributed by atoms with Crippen LogP contribution in [-0.4, -0.2) is 12.6 Å². The minimum absolute atomic E-state index is 0.00986. The summed E-state index contributed by atoms with van der Waals surface area (Å²) < 4.78 is 0. The molecule has 2 nitrogen and oxygen atoms in total. The smallest absolute Gasteiger partial charge is 0.160 e. The molecule has 0 aliphatic heterocycles. The van der Waals surface area contributed by atoms with Gasteiger partial charge in [0.15, 0.2) is 12.6 Å². The van der Waals surface area contributed by atoms with Crippen molar-refractivity contribution in [3.05, 3.63) is 176 Å². The topological polar surface area (TPSA) is 34.1 Å². The average molecular weight is 865 g/mol. The van der Waals surface area contributed by atoms with Gasteiger partial charge in [0.25, 0.3) is 0 Å². The Bertz CT molecular complexity index is 2780. The predicted molar refractivity (Wildman–Crippen MR) is 268 cm³/mol. The molecule has 5 aromatic carbocycles. The molecule has 9 rings (SSSR count). The summed E-state index contributed by atoms with van der Waals surface area (Å²) in [6.07, 6.45) is 10.5. The normalized spacial score (nSPS) is 16.1. The van der Waals surface area contributed by atoms with E-state index in [4.69, 9.17) is 0 Å². The first kappa shape index (κ1) is 43.1. The molecule has 63 heavy (non-hydrogen) atoms. The lowest BCUT2D eigenvalue weighted by Gasteiger charge is -2.35. The summed E-state index contributed by atoms with van der Waals surface area (Å²) in [5.74, 6) is 0. The highest BCUT2D eigenvalue weighted by Gasteiger charge is 2.49.